The fraction of sp³-hybridized carbons (Fsp3) is 0.800. The molecule has 5 heteroatoms. The first kappa shape index (κ1) is 13.7. The molecular weight excluding hydrogens is 198 g/mol. The molecule has 1 saturated heterocycles. The van der Waals surface area contributed by atoms with Gasteiger partial charge in [-0.3, -0.25) is 4.79 Å². The molecule has 0 aromatic heterocycles. The zero-order chi connectivity index (χ0) is 11.9. The van der Waals surface area contributed by atoms with Crippen LogP contribution in [0.4, 0.5) is 4.79 Å². The van der Waals surface area contributed by atoms with Crippen LogP contribution in [-0.4, -0.2) is 41.3 Å². The number of likely N-dealkylation sites (tertiary alicyclic amines) is 1. The molecular formula is C10H19NO4. The first-order valence-corrected chi connectivity index (χ1v) is 4.96. The predicted octanol–water partition coefficient (Wildman–Crippen LogP) is 1.72. The van der Waals surface area contributed by atoms with Gasteiger partial charge >= 0.3 is 6.09 Å². The smallest absolute Gasteiger partial charge is 0.410 e. The Bertz CT molecular complexity index is 204. The van der Waals surface area contributed by atoms with E-state index in [1.54, 1.807) is 4.90 Å². The van der Waals surface area contributed by atoms with Crippen molar-refractivity contribution in [3.05, 3.63) is 0 Å². The Morgan fingerprint density at radius 1 is 1.33 bits per heavy atom. The fourth-order valence-corrected chi connectivity index (χ4v) is 1.23. The first-order valence-electron chi connectivity index (χ1n) is 4.96. The summed E-state index contributed by atoms with van der Waals surface area (Å²) in [5.41, 5.74) is -0.361. The lowest BCUT2D eigenvalue weighted by Gasteiger charge is -2.23. The van der Waals surface area contributed by atoms with Gasteiger partial charge in [-0.1, -0.05) is 0 Å². The molecule has 0 aromatic carbocycles. The summed E-state index contributed by atoms with van der Waals surface area (Å²) in [4.78, 5) is 21.5. The lowest BCUT2D eigenvalue weighted by atomic mass is 10.2. The van der Waals surface area contributed by atoms with Gasteiger partial charge in [0, 0.05) is 13.1 Å². The Labute approximate surface area is 90.0 Å². The monoisotopic (exact) mass is 217 g/mol. The minimum Gasteiger partial charge on any atom is -0.483 e. The molecule has 88 valence electrons. The van der Waals surface area contributed by atoms with Crippen molar-refractivity contribution < 1.29 is 19.4 Å². The number of rotatable bonds is 0. The number of carbonyl (C=O) groups excluding carboxylic acids is 1. The van der Waals surface area contributed by atoms with Gasteiger partial charge in [-0.25, -0.2) is 4.79 Å². The van der Waals surface area contributed by atoms with Crippen LogP contribution in [-0.2, 0) is 9.53 Å². The van der Waals surface area contributed by atoms with E-state index in [0.717, 1.165) is 25.9 Å². The van der Waals surface area contributed by atoms with Gasteiger partial charge < -0.3 is 14.7 Å². The molecule has 1 rings (SSSR count). The Kier molecular flexibility index (Phi) is 5.74. The third-order valence-corrected chi connectivity index (χ3v) is 1.76. The number of hydrogen-bond donors (Lipinski definition) is 1. The first-order chi connectivity index (χ1) is 6.90. The molecule has 1 N–H and O–H groups in total. The largest absolute Gasteiger partial charge is 0.483 e. The van der Waals surface area contributed by atoms with Crippen molar-refractivity contribution in [1.29, 1.82) is 0 Å². The molecule has 1 aliphatic heterocycles. The van der Waals surface area contributed by atoms with Crippen molar-refractivity contribution >= 4 is 12.6 Å². The molecule has 1 fully saturated rings. The van der Waals surface area contributed by atoms with Crippen molar-refractivity contribution in [1.82, 2.24) is 4.90 Å². The van der Waals surface area contributed by atoms with Gasteiger partial charge in [0.2, 0.25) is 0 Å². The van der Waals surface area contributed by atoms with E-state index in [4.69, 9.17) is 14.6 Å². The number of ether oxygens (including phenoxy) is 1. The van der Waals surface area contributed by atoms with E-state index in [9.17, 15) is 4.79 Å². The molecule has 0 aliphatic carbocycles. The fourth-order valence-electron chi connectivity index (χ4n) is 1.23. The maximum absolute atomic E-state index is 11.4. The molecule has 0 radical (unpaired) electrons. The standard InChI is InChI=1S/C9H17NO2.CH2O2/c1-9(2,3)12-8(11)10-6-4-5-7-10;2-1-3/h4-7H2,1-3H3;1H,(H,2,3). The second-order valence-corrected chi connectivity index (χ2v) is 4.28. The summed E-state index contributed by atoms with van der Waals surface area (Å²) in [5, 5.41) is 6.89. The normalized spacial score (nSPS) is 15.3. The third-order valence-electron chi connectivity index (χ3n) is 1.76. The van der Waals surface area contributed by atoms with Crippen LogP contribution in [0.3, 0.4) is 0 Å². The maximum atomic E-state index is 11.4. The number of hydrogen-bond acceptors (Lipinski definition) is 3. The number of nitrogens with zero attached hydrogens (tertiary/aromatic N) is 1. The van der Waals surface area contributed by atoms with Gasteiger partial charge in [-0.2, -0.15) is 0 Å². The van der Waals surface area contributed by atoms with Gasteiger partial charge in [0.1, 0.15) is 5.60 Å². The summed E-state index contributed by atoms with van der Waals surface area (Å²) in [5.74, 6) is 0. The number of carboxylic acid groups (broad SMARTS) is 1. The summed E-state index contributed by atoms with van der Waals surface area (Å²) in [7, 11) is 0. The Morgan fingerprint density at radius 3 is 2.07 bits per heavy atom. The van der Waals surface area contributed by atoms with E-state index in [1.807, 2.05) is 20.8 Å². The van der Waals surface area contributed by atoms with E-state index in [0.29, 0.717) is 0 Å². The van der Waals surface area contributed by atoms with Crippen LogP contribution in [0.1, 0.15) is 33.6 Å². The van der Waals surface area contributed by atoms with Gasteiger partial charge in [-0.05, 0) is 33.6 Å². The van der Waals surface area contributed by atoms with Crippen LogP contribution < -0.4 is 0 Å². The highest BCUT2D eigenvalue weighted by molar-refractivity contribution is 5.68. The molecule has 1 heterocycles. The van der Waals surface area contributed by atoms with E-state index >= 15 is 0 Å². The summed E-state index contributed by atoms with van der Waals surface area (Å²) < 4.78 is 5.21. The average Bonchev–Trinajstić information content (AvgIpc) is 2.53. The quantitative estimate of drug-likeness (QED) is 0.627. The number of amides is 1. The Hall–Kier alpha value is -1.26. The Balaban J connectivity index is 0.000000583. The lowest BCUT2D eigenvalue weighted by molar-refractivity contribution is -0.122. The second-order valence-electron chi connectivity index (χ2n) is 4.28. The van der Waals surface area contributed by atoms with Crippen LogP contribution in [0.15, 0.2) is 0 Å². The molecule has 0 bridgehead atoms. The molecule has 1 amide bonds. The molecule has 15 heavy (non-hydrogen) atoms. The van der Waals surface area contributed by atoms with Crippen molar-refractivity contribution in [3.8, 4) is 0 Å². The summed E-state index contributed by atoms with van der Waals surface area (Å²) in [6.07, 6.45) is 2.05. The maximum Gasteiger partial charge on any atom is 0.410 e. The van der Waals surface area contributed by atoms with E-state index in [2.05, 4.69) is 0 Å². The SMILES string of the molecule is CC(C)(C)OC(=O)N1CCCC1.O=CO. The molecule has 5 nitrogen and oxygen atoms in total. The summed E-state index contributed by atoms with van der Waals surface area (Å²) >= 11 is 0. The van der Waals surface area contributed by atoms with Gasteiger partial charge in [0.05, 0.1) is 0 Å². The topological polar surface area (TPSA) is 66.8 Å². The molecule has 1 aliphatic rings. The van der Waals surface area contributed by atoms with Crippen LogP contribution in [0, 0.1) is 0 Å². The third kappa shape index (κ3) is 6.76. The molecule has 0 atom stereocenters. The van der Waals surface area contributed by atoms with Crippen molar-refractivity contribution in [2.24, 2.45) is 0 Å². The van der Waals surface area contributed by atoms with E-state index in [1.165, 1.54) is 0 Å². The average molecular weight is 217 g/mol. The lowest BCUT2D eigenvalue weighted by Crippen LogP contribution is -2.34. The molecule has 0 spiro atoms. The van der Waals surface area contributed by atoms with Crippen LogP contribution in [0.2, 0.25) is 0 Å². The highest BCUT2D eigenvalue weighted by Crippen LogP contribution is 2.14. The van der Waals surface area contributed by atoms with Crippen molar-refractivity contribution in [2.45, 2.75) is 39.2 Å². The molecule has 0 saturated carbocycles. The minimum atomic E-state index is -0.361. The summed E-state index contributed by atoms with van der Waals surface area (Å²) in [6.45, 7) is 7.13. The van der Waals surface area contributed by atoms with Gasteiger partial charge in [0.25, 0.3) is 6.47 Å². The number of carbonyl (C=O) groups is 2. The van der Waals surface area contributed by atoms with Crippen LogP contribution >= 0.6 is 0 Å². The van der Waals surface area contributed by atoms with Crippen LogP contribution in [0.5, 0.6) is 0 Å². The highest BCUT2D eigenvalue weighted by atomic mass is 16.6. The van der Waals surface area contributed by atoms with E-state index in [-0.39, 0.29) is 18.2 Å². The van der Waals surface area contributed by atoms with Gasteiger partial charge in [-0.15, -0.1) is 0 Å². The zero-order valence-electron chi connectivity index (χ0n) is 9.52. The van der Waals surface area contributed by atoms with Crippen molar-refractivity contribution in [3.63, 3.8) is 0 Å². The Morgan fingerprint density at radius 2 is 1.73 bits per heavy atom. The van der Waals surface area contributed by atoms with Crippen molar-refractivity contribution in [2.75, 3.05) is 13.1 Å². The molecule has 0 unspecified atom stereocenters. The van der Waals surface area contributed by atoms with Crippen LogP contribution in [0.25, 0.3) is 0 Å². The summed E-state index contributed by atoms with van der Waals surface area (Å²) in [6, 6.07) is 0. The molecule has 0 aromatic rings. The zero-order valence-corrected chi connectivity index (χ0v) is 9.52. The van der Waals surface area contributed by atoms with Gasteiger partial charge in [0.15, 0.2) is 0 Å². The van der Waals surface area contributed by atoms with E-state index < -0.39 is 0 Å². The minimum absolute atomic E-state index is 0.167. The predicted molar refractivity (Wildman–Crippen MR) is 55.7 cm³/mol. The second kappa shape index (κ2) is 6.27. The highest BCUT2D eigenvalue weighted by Gasteiger charge is 2.23.